The van der Waals surface area contributed by atoms with Gasteiger partial charge in [-0.1, -0.05) is 18.2 Å². The maximum Gasteiger partial charge on any atom is 0.165 e. The van der Waals surface area contributed by atoms with Crippen molar-refractivity contribution < 1.29 is 13.9 Å². The summed E-state index contributed by atoms with van der Waals surface area (Å²) < 4.78 is 24.2. The van der Waals surface area contributed by atoms with Crippen LogP contribution in [0.4, 0.5) is 4.39 Å². The molecule has 0 atom stereocenters. The van der Waals surface area contributed by atoms with Crippen LogP contribution >= 0.6 is 0 Å². The Morgan fingerprint density at radius 2 is 1.86 bits per heavy atom. The zero-order valence-electron chi connectivity index (χ0n) is 12.9. The molecule has 1 aliphatic heterocycles. The average Bonchev–Trinajstić information content (AvgIpc) is 2.95. The van der Waals surface area contributed by atoms with Gasteiger partial charge in [0.25, 0.3) is 0 Å². The molecule has 0 bridgehead atoms. The van der Waals surface area contributed by atoms with Crippen molar-refractivity contribution in [2.75, 3.05) is 20.8 Å². The summed E-state index contributed by atoms with van der Waals surface area (Å²) >= 11 is 0. The van der Waals surface area contributed by atoms with Gasteiger partial charge in [-0.2, -0.15) is 0 Å². The second-order valence-electron chi connectivity index (χ2n) is 5.68. The van der Waals surface area contributed by atoms with E-state index >= 15 is 0 Å². The molecule has 0 saturated heterocycles. The number of halogens is 1. The molecule has 116 valence electrons. The maximum atomic E-state index is 13.7. The van der Waals surface area contributed by atoms with Gasteiger partial charge in [0, 0.05) is 19.5 Å². The lowest BCUT2D eigenvalue weighted by Gasteiger charge is -2.17. The van der Waals surface area contributed by atoms with Crippen molar-refractivity contribution in [2.24, 2.45) is 0 Å². The van der Waals surface area contributed by atoms with Gasteiger partial charge in [-0.3, -0.25) is 4.90 Å². The standard InChI is InChI=1S/C18H20FNO2/c1-20(12-14-4-6-18(21-2)16(19)10-14)11-13-3-5-17-15(9-13)7-8-22-17/h3-6,9-10H,7-8,11-12H2,1-2H3. The summed E-state index contributed by atoms with van der Waals surface area (Å²) in [6, 6.07) is 11.4. The van der Waals surface area contributed by atoms with E-state index in [9.17, 15) is 4.39 Å². The van der Waals surface area contributed by atoms with Crippen LogP contribution in [-0.4, -0.2) is 25.7 Å². The van der Waals surface area contributed by atoms with Gasteiger partial charge in [0.1, 0.15) is 5.75 Å². The van der Waals surface area contributed by atoms with E-state index in [-0.39, 0.29) is 11.6 Å². The van der Waals surface area contributed by atoms with Gasteiger partial charge in [-0.15, -0.1) is 0 Å². The highest BCUT2D eigenvalue weighted by Crippen LogP contribution is 2.26. The number of ether oxygens (including phenoxy) is 2. The van der Waals surface area contributed by atoms with Crippen molar-refractivity contribution in [3.63, 3.8) is 0 Å². The number of hydrogen-bond acceptors (Lipinski definition) is 3. The molecule has 3 nitrogen and oxygen atoms in total. The van der Waals surface area contributed by atoms with Crippen LogP contribution in [0.2, 0.25) is 0 Å². The Bertz CT molecular complexity index is 672. The van der Waals surface area contributed by atoms with Gasteiger partial charge in [0.2, 0.25) is 0 Å². The Morgan fingerprint density at radius 3 is 2.59 bits per heavy atom. The Balaban J connectivity index is 1.65. The van der Waals surface area contributed by atoms with Crippen LogP contribution in [0.1, 0.15) is 16.7 Å². The summed E-state index contributed by atoms with van der Waals surface area (Å²) in [5, 5.41) is 0. The fraction of sp³-hybridized carbons (Fsp3) is 0.333. The molecule has 22 heavy (non-hydrogen) atoms. The van der Waals surface area contributed by atoms with E-state index in [1.54, 1.807) is 6.07 Å². The van der Waals surface area contributed by atoms with Crippen LogP contribution in [0.25, 0.3) is 0 Å². The van der Waals surface area contributed by atoms with Crippen LogP contribution in [-0.2, 0) is 19.5 Å². The van der Waals surface area contributed by atoms with Crippen molar-refractivity contribution in [3.05, 3.63) is 58.9 Å². The van der Waals surface area contributed by atoms with E-state index in [2.05, 4.69) is 17.0 Å². The molecular weight excluding hydrogens is 281 g/mol. The zero-order valence-corrected chi connectivity index (χ0v) is 12.9. The highest BCUT2D eigenvalue weighted by Gasteiger charge is 2.13. The van der Waals surface area contributed by atoms with Gasteiger partial charge < -0.3 is 9.47 Å². The quantitative estimate of drug-likeness (QED) is 0.845. The molecule has 0 unspecified atom stereocenters. The molecule has 1 heterocycles. The van der Waals surface area contributed by atoms with Gasteiger partial charge >= 0.3 is 0 Å². The fourth-order valence-electron chi connectivity index (χ4n) is 2.83. The minimum atomic E-state index is -0.317. The van der Waals surface area contributed by atoms with Crippen molar-refractivity contribution >= 4 is 0 Å². The van der Waals surface area contributed by atoms with Crippen molar-refractivity contribution in [3.8, 4) is 11.5 Å². The summed E-state index contributed by atoms with van der Waals surface area (Å²) in [4.78, 5) is 2.17. The Labute approximate surface area is 130 Å². The lowest BCUT2D eigenvalue weighted by Crippen LogP contribution is -2.17. The molecule has 0 amide bonds. The second kappa shape index (κ2) is 6.36. The number of methoxy groups -OCH3 is 1. The van der Waals surface area contributed by atoms with E-state index in [4.69, 9.17) is 9.47 Å². The Kier molecular flexibility index (Phi) is 4.29. The normalized spacial score (nSPS) is 13.1. The lowest BCUT2D eigenvalue weighted by atomic mass is 10.1. The highest BCUT2D eigenvalue weighted by atomic mass is 19.1. The largest absolute Gasteiger partial charge is 0.494 e. The minimum Gasteiger partial charge on any atom is -0.494 e. The van der Waals surface area contributed by atoms with E-state index in [1.807, 2.05) is 19.2 Å². The number of nitrogens with zero attached hydrogens (tertiary/aromatic N) is 1. The molecule has 1 aliphatic rings. The molecule has 0 aliphatic carbocycles. The summed E-state index contributed by atoms with van der Waals surface area (Å²) in [5.74, 6) is 0.969. The van der Waals surface area contributed by atoms with Gasteiger partial charge in [0.15, 0.2) is 11.6 Å². The van der Waals surface area contributed by atoms with Gasteiger partial charge in [-0.25, -0.2) is 4.39 Å². The molecule has 0 saturated carbocycles. The van der Waals surface area contributed by atoms with Crippen LogP contribution in [0.3, 0.4) is 0 Å². The van der Waals surface area contributed by atoms with E-state index in [1.165, 1.54) is 24.3 Å². The third-order valence-corrected chi connectivity index (χ3v) is 3.88. The predicted molar refractivity (Wildman–Crippen MR) is 83.8 cm³/mol. The molecule has 0 N–H and O–H groups in total. The number of hydrogen-bond donors (Lipinski definition) is 0. The zero-order chi connectivity index (χ0) is 15.5. The lowest BCUT2D eigenvalue weighted by molar-refractivity contribution is 0.317. The summed E-state index contributed by atoms with van der Waals surface area (Å²) in [7, 11) is 3.51. The van der Waals surface area contributed by atoms with Crippen LogP contribution < -0.4 is 9.47 Å². The topological polar surface area (TPSA) is 21.7 Å². The third-order valence-electron chi connectivity index (χ3n) is 3.88. The SMILES string of the molecule is COc1ccc(CN(C)Cc2ccc3c(c2)CCO3)cc1F. The average molecular weight is 301 g/mol. The monoisotopic (exact) mass is 301 g/mol. The number of benzene rings is 2. The fourth-order valence-corrected chi connectivity index (χ4v) is 2.83. The molecule has 4 heteroatoms. The molecule has 0 aromatic heterocycles. The first kappa shape index (κ1) is 14.9. The van der Waals surface area contributed by atoms with Crippen molar-refractivity contribution in [1.82, 2.24) is 4.90 Å². The van der Waals surface area contributed by atoms with E-state index in [0.29, 0.717) is 6.54 Å². The first-order valence-corrected chi connectivity index (χ1v) is 7.41. The number of fused-ring (bicyclic) bond motifs is 1. The maximum absolute atomic E-state index is 13.7. The minimum absolute atomic E-state index is 0.282. The van der Waals surface area contributed by atoms with Crippen LogP contribution in [0, 0.1) is 5.82 Å². The smallest absolute Gasteiger partial charge is 0.165 e. The summed E-state index contributed by atoms with van der Waals surface area (Å²) in [6.45, 7) is 2.29. The Morgan fingerprint density at radius 1 is 1.14 bits per heavy atom. The predicted octanol–water partition coefficient (Wildman–Crippen LogP) is 3.40. The molecule has 0 spiro atoms. The molecule has 2 aromatic rings. The molecule has 3 rings (SSSR count). The van der Waals surface area contributed by atoms with Crippen LogP contribution in [0.15, 0.2) is 36.4 Å². The van der Waals surface area contributed by atoms with Gasteiger partial charge in [0.05, 0.1) is 13.7 Å². The molecule has 2 aromatic carbocycles. The number of rotatable bonds is 5. The van der Waals surface area contributed by atoms with Crippen LogP contribution in [0.5, 0.6) is 11.5 Å². The van der Waals surface area contributed by atoms with E-state index in [0.717, 1.165) is 30.9 Å². The third kappa shape index (κ3) is 3.22. The first-order chi connectivity index (χ1) is 10.7. The van der Waals surface area contributed by atoms with Crippen molar-refractivity contribution in [2.45, 2.75) is 19.5 Å². The molecule has 0 radical (unpaired) electrons. The molecular formula is C18H20FNO2. The Hall–Kier alpha value is -2.07. The van der Waals surface area contributed by atoms with E-state index < -0.39 is 0 Å². The first-order valence-electron chi connectivity index (χ1n) is 7.41. The summed E-state index contributed by atoms with van der Waals surface area (Å²) in [6.07, 6.45) is 0.983. The van der Waals surface area contributed by atoms with Crippen molar-refractivity contribution in [1.29, 1.82) is 0 Å². The van der Waals surface area contributed by atoms with Gasteiger partial charge in [-0.05, 0) is 41.9 Å². The second-order valence-corrected chi connectivity index (χ2v) is 5.68. The summed E-state index contributed by atoms with van der Waals surface area (Å²) in [5.41, 5.74) is 3.47. The molecule has 0 fully saturated rings. The highest BCUT2D eigenvalue weighted by molar-refractivity contribution is 5.39.